The summed E-state index contributed by atoms with van der Waals surface area (Å²) in [6.07, 6.45) is 0. The third-order valence-electron chi connectivity index (χ3n) is 4.35. The number of hydrogen-bond donors (Lipinski definition) is 4. The summed E-state index contributed by atoms with van der Waals surface area (Å²) in [6.45, 7) is 0. The number of rotatable bonds is 2. The van der Waals surface area contributed by atoms with Crippen molar-refractivity contribution in [3.63, 3.8) is 0 Å². The number of carbonyl (C=O) groups is 1. The number of hydrogen-bond acceptors (Lipinski definition) is 7. The maximum atomic E-state index is 12.4. The summed E-state index contributed by atoms with van der Waals surface area (Å²) in [6, 6.07) is 9.29. The van der Waals surface area contributed by atoms with E-state index >= 15 is 0 Å². The molecule has 11 nitrogen and oxygen atoms in total. The van der Waals surface area contributed by atoms with E-state index in [9.17, 15) is 9.59 Å². The fourth-order valence-corrected chi connectivity index (χ4v) is 3.19. The first-order valence-electron chi connectivity index (χ1n) is 7.86. The van der Waals surface area contributed by atoms with Gasteiger partial charge in [0, 0.05) is 5.56 Å². The summed E-state index contributed by atoms with van der Waals surface area (Å²) in [7, 11) is 0. The summed E-state index contributed by atoms with van der Waals surface area (Å²) in [5.41, 5.74) is 13.1. The Morgan fingerprint density at radius 3 is 2.63 bits per heavy atom. The molecule has 0 aliphatic carbocycles. The lowest BCUT2D eigenvalue weighted by Crippen LogP contribution is -2.19. The van der Waals surface area contributed by atoms with Crippen molar-refractivity contribution in [3.05, 3.63) is 46.4 Å². The van der Waals surface area contributed by atoms with Gasteiger partial charge in [0.25, 0.3) is 11.5 Å². The van der Waals surface area contributed by atoms with E-state index in [0.29, 0.717) is 27.6 Å². The van der Waals surface area contributed by atoms with Crippen molar-refractivity contribution in [2.24, 2.45) is 5.73 Å². The molecule has 5 aromatic rings. The SMILES string of the molecule is NC(=O)c1nnc2c3c(-c4ccccc4)c4c(=O)[nH]nc4nc3[nH]n2c1N. The summed E-state index contributed by atoms with van der Waals surface area (Å²) < 4.78 is 1.37. The van der Waals surface area contributed by atoms with E-state index in [4.69, 9.17) is 11.5 Å². The van der Waals surface area contributed by atoms with Crippen LogP contribution in [0.2, 0.25) is 0 Å². The number of H-pyrrole nitrogens is 2. The molecule has 0 bridgehead atoms. The number of benzene rings is 1. The zero-order valence-corrected chi connectivity index (χ0v) is 13.6. The van der Waals surface area contributed by atoms with Crippen molar-refractivity contribution in [2.75, 3.05) is 5.73 Å². The van der Waals surface area contributed by atoms with Crippen molar-refractivity contribution in [2.45, 2.75) is 0 Å². The summed E-state index contributed by atoms with van der Waals surface area (Å²) in [5, 5.41) is 18.1. The predicted octanol–water partition coefficient (Wildman–Crippen LogP) is 0.190. The number of carbonyl (C=O) groups excluding carboxylic acids is 1. The second kappa shape index (κ2) is 5.11. The van der Waals surface area contributed by atoms with E-state index in [2.05, 4.69) is 30.5 Å². The molecule has 0 radical (unpaired) electrons. The smallest absolute Gasteiger partial charge is 0.276 e. The highest BCUT2D eigenvalue weighted by Gasteiger charge is 2.23. The Bertz CT molecular complexity index is 1430. The Kier molecular flexibility index (Phi) is 2.84. The van der Waals surface area contributed by atoms with E-state index in [-0.39, 0.29) is 22.7 Å². The van der Waals surface area contributed by atoms with Gasteiger partial charge in [-0.15, -0.1) is 10.2 Å². The van der Waals surface area contributed by atoms with Gasteiger partial charge in [-0.05, 0) is 5.56 Å². The van der Waals surface area contributed by atoms with Crippen LogP contribution in [0.25, 0.3) is 38.8 Å². The molecule has 0 aliphatic rings. The van der Waals surface area contributed by atoms with Gasteiger partial charge in [-0.25, -0.2) is 14.6 Å². The topological polar surface area (TPSA) is 174 Å². The van der Waals surface area contributed by atoms with Gasteiger partial charge in [-0.1, -0.05) is 30.3 Å². The van der Waals surface area contributed by atoms with Gasteiger partial charge in [-0.2, -0.15) is 5.10 Å². The van der Waals surface area contributed by atoms with Gasteiger partial charge in [0.15, 0.2) is 28.5 Å². The molecule has 0 saturated carbocycles. The highest BCUT2D eigenvalue weighted by atomic mass is 16.1. The van der Waals surface area contributed by atoms with Crippen LogP contribution >= 0.6 is 0 Å². The molecule has 1 amide bonds. The third kappa shape index (κ3) is 1.96. The number of nitrogens with one attached hydrogen (secondary N) is 2. The highest BCUT2D eigenvalue weighted by molar-refractivity contribution is 6.13. The molecule has 0 aliphatic heterocycles. The van der Waals surface area contributed by atoms with Crippen molar-refractivity contribution >= 4 is 39.4 Å². The van der Waals surface area contributed by atoms with Crippen LogP contribution in [0.4, 0.5) is 5.82 Å². The molecule has 0 fully saturated rings. The zero-order valence-electron chi connectivity index (χ0n) is 13.6. The first-order valence-corrected chi connectivity index (χ1v) is 7.86. The second-order valence-corrected chi connectivity index (χ2v) is 5.90. The lowest BCUT2D eigenvalue weighted by atomic mass is 10.0. The minimum absolute atomic E-state index is 0.00828. The van der Waals surface area contributed by atoms with Gasteiger partial charge in [0.1, 0.15) is 0 Å². The average Bonchev–Trinajstić information content (AvgIpc) is 3.22. The molecule has 27 heavy (non-hydrogen) atoms. The first-order chi connectivity index (χ1) is 13.1. The van der Waals surface area contributed by atoms with E-state index in [1.807, 2.05) is 30.3 Å². The molecule has 5 rings (SSSR count). The fourth-order valence-electron chi connectivity index (χ4n) is 3.19. The van der Waals surface area contributed by atoms with Crippen LogP contribution in [0.15, 0.2) is 35.1 Å². The number of anilines is 1. The Morgan fingerprint density at radius 1 is 1.11 bits per heavy atom. The van der Waals surface area contributed by atoms with Crippen LogP contribution in [0.3, 0.4) is 0 Å². The largest absolute Gasteiger partial charge is 0.382 e. The standard InChI is InChI=1S/C16H11N9O2/c17-11-10(12(18)26)20-22-15-8-7(6-4-2-1-3-5-6)9-13(21-23-16(9)27)19-14(8)24-25(11)15/h1-5H,17H2,(H2,18,26)(H,23,27)(H,19,21,24). The number of fused-ring (bicyclic) bond motifs is 4. The van der Waals surface area contributed by atoms with Gasteiger partial charge in [0.05, 0.1) is 10.8 Å². The number of nitrogens with zero attached hydrogens (tertiary/aromatic N) is 5. The molecule has 0 spiro atoms. The molecule has 0 saturated heterocycles. The summed E-state index contributed by atoms with van der Waals surface area (Å²) in [4.78, 5) is 28.3. The number of amides is 1. The van der Waals surface area contributed by atoms with Crippen LogP contribution in [-0.4, -0.2) is 40.9 Å². The number of nitrogens with two attached hydrogens (primary N) is 2. The minimum atomic E-state index is -0.804. The monoisotopic (exact) mass is 361 g/mol. The number of nitrogen functional groups attached to an aromatic ring is 1. The number of aromatic amines is 2. The predicted molar refractivity (Wildman–Crippen MR) is 96.9 cm³/mol. The molecule has 11 heteroatoms. The second-order valence-electron chi connectivity index (χ2n) is 5.90. The maximum Gasteiger partial charge on any atom is 0.276 e. The molecule has 4 aromatic heterocycles. The highest BCUT2D eigenvalue weighted by Crippen LogP contribution is 2.34. The molecule has 6 N–H and O–H groups in total. The molecular weight excluding hydrogens is 350 g/mol. The van der Waals surface area contributed by atoms with Crippen molar-refractivity contribution < 1.29 is 4.79 Å². The fraction of sp³-hybridized carbons (Fsp3) is 0. The Hall–Kier alpha value is -4.28. The third-order valence-corrected chi connectivity index (χ3v) is 4.35. The van der Waals surface area contributed by atoms with Crippen molar-refractivity contribution in [1.82, 2.24) is 35.0 Å². The van der Waals surface area contributed by atoms with Crippen LogP contribution in [-0.2, 0) is 0 Å². The maximum absolute atomic E-state index is 12.4. The van der Waals surface area contributed by atoms with Crippen LogP contribution < -0.4 is 17.0 Å². The molecule has 0 unspecified atom stereocenters. The van der Waals surface area contributed by atoms with Crippen LogP contribution in [0.5, 0.6) is 0 Å². The normalized spacial score (nSPS) is 11.6. The van der Waals surface area contributed by atoms with E-state index in [0.717, 1.165) is 5.56 Å². The Labute approximate surface area is 149 Å². The summed E-state index contributed by atoms with van der Waals surface area (Å²) >= 11 is 0. The van der Waals surface area contributed by atoms with Crippen molar-refractivity contribution in [3.8, 4) is 11.1 Å². The average molecular weight is 361 g/mol. The molecule has 0 atom stereocenters. The van der Waals surface area contributed by atoms with Crippen LogP contribution in [0.1, 0.15) is 10.5 Å². The van der Waals surface area contributed by atoms with E-state index in [1.54, 1.807) is 0 Å². The van der Waals surface area contributed by atoms with Crippen LogP contribution in [0, 0.1) is 0 Å². The van der Waals surface area contributed by atoms with Gasteiger partial charge in [0.2, 0.25) is 0 Å². The zero-order chi connectivity index (χ0) is 18.7. The molecule has 4 heterocycles. The van der Waals surface area contributed by atoms with Gasteiger partial charge < -0.3 is 11.5 Å². The Balaban J connectivity index is 2.05. The number of primary amides is 1. The lowest BCUT2D eigenvalue weighted by Gasteiger charge is -2.05. The number of pyridine rings is 1. The molecular formula is C16H11N9O2. The number of aromatic nitrogens is 7. The van der Waals surface area contributed by atoms with Gasteiger partial charge in [-0.3, -0.25) is 14.7 Å². The first kappa shape index (κ1) is 15.0. The quantitative estimate of drug-likeness (QED) is 0.347. The summed E-state index contributed by atoms with van der Waals surface area (Å²) in [5.74, 6) is -0.813. The lowest BCUT2D eigenvalue weighted by molar-refractivity contribution is 0.0995. The molecule has 1 aromatic carbocycles. The van der Waals surface area contributed by atoms with E-state index in [1.165, 1.54) is 4.52 Å². The van der Waals surface area contributed by atoms with Crippen molar-refractivity contribution in [1.29, 1.82) is 0 Å². The van der Waals surface area contributed by atoms with Gasteiger partial charge >= 0.3 is 0 Å². The Morgan fingerprint density at radius 2 is 1.89 bits per heavy atom. The van der Waals surface area contributed by atoms with E-state index < -0.39 is 5.91 Å². The minimum Gasteiger partial charge on any atom is -0.382 e. The molecule has 132 valence electrons.